The number of hydrogen-bond donors (Lipinski definition) is 0. The molecule has 3 amide bonds. The molecule has 0 bridgehead atoms. The molecular weight excluding hydrogens is 469 g/mol. The largest absolute Gasteiger partial charge is 0.336 e. The Hall–Kier alpha value is -3.55. The Labute approximate surface area is 207 Å². The van der Waals surface area contributed by atoms with Gasteiger partial charge in [-0.2, -0.15) is 0 Å². The minimum absolute atomic E-state index is 0.179. The van der Waals surface area contributed by atoms with Gasteiger partial charge in [-0.3, -0.25) is 19.3 Å². The first-order chi connectivity index (χ1) is 16.8. The monoisotopic (exact) mass is 491 g/mol. The minimum atomic E-state index is -0.421. The molecule has 5 rings (SSSR count). The van der Waals surface area contributed by atoms with E-state index in [0.29, 0.717) is 54.6 Å². The summed E-state index contributed by atoms with van der Waals surface area (Å²) in [5.74, 6) is -1.35. The lowest BCUT2D eigenvalue weighted by molar-refractivity contribution is 0.0628. The van der Waals surface area contributed by atoms with Gasteiger partial charge in [0.05, 0.1) is 16.8 Å². The van der Waals surface area contributed by atoms with Crippen LogP contribution in [-0.2, 0) is 6.54 Å². The zero-order chi connectivity index (χ0) is 24.7. The molecule has 3 aromatic carbocycles. The van der Waals surface area contributed by atoms with Crippen LogP contribution in [0.4, 0.5) is 10.1 Å². The van der Waals surface area contributed by atoms with Crippen LogP contribution < -0.4 is 4.90 Å². The molecular formula is C27H23ClFN3O3. The maximum Gasteiger partial charge on any atom is 0.266 e. The maximum absolute atomic E-state index is 13.3. The van der Waals surface area contributed by atoms with E-state index in [1.807, 2.05) is 19.1 Å². The normalized spacial score (nSPS) is 16.1. The van der Waals surface area contributed by atoms with Crippen LogP contribution in [0.1, 0.15) is 42.2 Å². The number of nitrogens with zero attached hydrogens (tertiary/aromatic N) is 3. The van der Waals surface area contributed by atoms with E-state index in [0.717, 1.165) is 11.1 Å². The summed E-state index contributed by atoms with van der Waals surface area (Å²) in [6.45, 7) is 4.72. The molecule has 8 heteroatoms. The van der Waals surface area contributed by atoms with Crippen molar-refractivity contribution in [2.45, 2.75) is 13.5 Å². The molecule has 2 aliphatic rings. The quantitative estimate of drug-likeness (QED) is 0.502. The number of amides is 3. The molecule has 0 saturated carbocycles. The fraction of sp³-hybridized carbons (Fsp3) is 0.222. The number of halogens is 2. The Morgan fingerprint density at radius 2 is 1.63 bits per heavy atom. The van der Waals surface area contributed by atoms with Crippen molar-refractivity contribution in [3.63, 3.8) is 0 Å². The smallest absolute Gasteiger partial charge is 0.266 e. The van der Waals surface area contributed by atoms with E-state index in [2.05, 4.69) is 4.90 Å². The van der Waals surface area contributed by atoms with Gasteiger partial charge in [0.15, 0.2) is 0 Å². The summed E-state index contributed by atoms with van der Waals surface area (Å²) < 4.78 is 13.3. The Morgan fingerprint density at radius 1 is 0.914 bits per heavy atom. The molecule has 0 unspecified atom stereocenters. The summed E-state index contributed by atoms with van der Waals surface area (Å²) in [6.07, 6.45) is 0. The first-order valence-corrected chi connectivity index (χ1v) is 11.8. The third-order valence-electron chi connectivity index (χ3n) is 6.56. The fourth-order valence-electron chi connectivity index (χ4n) is 4.59. The van der Waals surface area contributed by atoms with Crippen LogP contribution in [0.2, 0.25) is 5.02 Å². The van der Waals surface area contributed by atoms with E-state index >= 15 is 0 Å². The summed E-state index contributed by atoms with van der Waals surface area (Å²) in [7, 11) is 0. The van der Waals surface area contributed by atoms with Crippen molar-refractivity contribution < 1.29 is 18.8 Å². The minimum Gasteiger partial charge on any atom is -0.336 e. The van der Waals surface area contributed by atoms with Crippen molar-refractivity contribution in [2.24, 2.45) is 0 Å². The van der Waals surface area contributed by atoms with Crippen LogP contribution in [0.25, 0.3) is 0 Å². The topological polar surface area (TPSA) is 60.9 Å². The van der Waals surface area contributed by atoms with Crippen molar-refractivity contribution in [3.05, 3.63) is 99.3 Å². The second-order valence-corrected chi connectivity index (χ2v) is 9.20. The van der Waals surface area contributed by atoms with Gasteiger partial charge in [0, 0.05) is 43.3 Å². The Kier molecular flexibility index (Phi) is 6.13. The highest BCUT2D eigenvalue weighted by atomic mass is 35.5. The van der Waals surface area contributed by atoms with Crippen LogP contribution in [0.15, 0.2) is 60.7 Å². The van der Waals surface area contributed by atoms with Crippen LogP contribution in [-0.4, -0.2) is 53.7 Å². The number of benzene rings is 3. The first-order valence-electron chi connectivity index (χ1n) is 11.4. The van der Waals surface area contributed by atoms with Crippen LogP contribution in [0.5, 0.6) is 0 Å². The molecule has 1 saturated heterocycles. The first kappa shape index (κ1) is 23.2. The van der Waals surface area contributed by atoms with Crippen molar-refractivity contribution in [2.75, 3.05) is 31.1 Å². The summed E-state index contributed by atoms with van der Waals surface area (Å²) >= 11 is 6.15. The number of carbonyl (C=O) groups excluding carboxylic acids is 3. The highest BCUT2D eigenvalue weighted by Gasteiger charge is 2.38. The molecule has 0 radical (unpaired) electrons. The van der Waals surface area contributed by atoms with E-state index in [4.69, 9.17) is 11.6 Å². The molecule has 0 spiro atoms. The van der Waals surface area contributed by atoms with Gasteiger partial charge in [-0.15, -0.1) is 0 Å². The highest BCUT2D eigenvalue weighted by molar-refractivity contribution is 6.35. The summed E-state index contributed by atoms with van der Waals surface area (Å²) in [4.78, 5) is 44.3. The molecule has 0 atom stereocenters. The van der Waals surface area contributed by atoms with Crippen LogP contribution in [0.3, 0.4) is 0 Å². The van der Waals surface area contributed by atoms with Gasteiger partial charge in [0.25, 0.3) is 17.7 Å². The molecule has 178 valence electrons. The average molecular weight is 492 g/mol. The van der Waals surface area contributed by atoms with Gasteiger partial charge in [-0.1, -0.05) is 35.9 Å². The average Bonchev–Trinajstić information content (AvgIpc) is 3.10. The number of anilines is 1. The number of hydrogen-bond acceptors (Lipinski definition) is 4. The third kappa shape index (κ3) is 4.33. The van der Waals surface area contributed by atoms with Gasteiger partial charge in [-0.05, 0) is 54.4 Å². The second kappa shape index (κ2) is 9.24. The van der Waals surface area contributed by atoms with Crippen molar-refractivity contribution in [3.8, 4) is 0 Å². The summed E-state index contributed by atoms with van der Waals surface area (Å²) in [6, 6.07) is 16.3. The van der Waals surface area contributed by atoms with E-state index in [-0.39, 0.29) is 23.2 Å². The molecule has 1 fully saturated rings. The zero-order valence-corrected chi connectivity index (χ0v) is 19.9. The maximum atomic E-state index is 13.3. The van der Waals surface area contributed by atoms with Crippen molar-refractivity contribution >= 4 is 35.0 Å². The second-order valence-electron chi connectivity index (χ2n) is 8.80. The lowest BCUT2D eigenvalue weighted by Crippen LogP contribution is -2.48. The van der Waals surface area contributed by atoms with E-state index in [9.17, 15) is 18.8 Å². The number of fused-ring (bicyclic) bond motifs is 1. The molecule has 6 nitrogen and oxygen atoms in total. The lowest BCUT2D eigenvalue weighted by Gasteiger charge is -2.35. The van der Waals surface area contributed by atoms with Crippen LogP contribution >= 0.6 is 11.6 Å². The Morgan fingerprint density at radius 3 is 2.34 bits per heavy atom. The SMILES string of the molecule is Cc1ccccc1N1C(=O)c2ccc(C(=O)N3CCN(Cc4ccc(F)cc4Cl)CC3)cc2C1=O. The lowest BCUT2D eigenvalue weighted by atomic mass is 10.0. The predicted molar refractivity (Wildman–Crippen MR) is 131 cm³/mol. The predicted octanol–water partition coefficient (Wildman–Crippen LogP) is 4.55. The fourth-order valence-corrected chi connectivity index (χ4v) is 4.82. The van der Waals surface area contributed by atoms with Crippen LogP contribution in [0, 0.1) is 12.7 Å². The molecule has 0 aliphatic carbocycles. The van der Waals surface area contributed by atoms with Crippen molar-refractivity contribution in [1.82, 2.24) is 9.80 Å². The molecule has 35 heavy (non-hydrogen) atoms. The zero-order valence-electron chi connectivity index (χ0n) is 19.1. The third-order valence-corrected chi connectivity index (χ3v) is 6.91. The van der Waals surface area contributed by atoms with Gasteiger partial charge in [-0.25, -0.2) is 9.29 Å². The number of rotatable bonds is 4. The molecule has 2 aliphatic heterocycles. The Bertz CT molecular complexity index is 1350. The number of piperazine rings is 1. The van der Waals surface area contributed by atoms with E-state index < -0.39 is 5.91 Å². The summed E-state index contributed by atoms with van der Waals surface area (Å²) in [5.41, 5.74) is 3.13. The van der Waals surface area contributed by atoms with Gasteiger partial charge in [0.2, 0.25) is 0 Å². The molecule has 0 N–H and O–H groups in total. The van der Waals surface area contributed by atoms with E-state index in [1.54, 1.807) is 35.2 Å². The summed E-state index contributed by atoms with van der Waals surface area (Å²) in [5, 5.41) is 0.389. The Balaban J connectivity index is 1.28. The van der Waals surface area contributed by atoms with Gasteiger partial charge < -0.3 is 4.90 Å². The molecule has 2 heterocycles. The highest BCUT2D eigenvalue weighted by Crippen LogP contribution is 2.31. The standard InChI is InChI=1S/C27H23ClFN3O3/c1-17-4-2-3-5-24(17)32-26(34)21-9-7-18(14-22(21)27(32)35)25(33)31-12-10-30(11-13-31)16-19-6-8-20(29)15-23(19)28/h2-9,14-15H,10-13,16H2,1H3. The number of aryl methyl sites for hydroxylation is 1. The number of imide groups is 1. The molecule has 0 aromatic heterocycles. The number of carbonyl (C=O) groups is 3. The molecule has 3 aromatic rings. The van der Waals surface area contributed by atoms with Gasteiger partial charge >= 0.3 is 0 Å². The number of para-hydroxylation sites is 1. The van der Waals surface area contributed by atoms with E-state index in [1.165, 1.54) is 23.1 Å². The van der Waals surface area contributed by atoms with Gasteiger partial charge in [0.1, 0.15) is 5.82 Å². The van der Waals surface area contributed by atoms with Crippen molar-refractivity contribution in [1.29, 1.82) is 0 Å².